The van der Waals surface area contributed by atoms with Gasteiger partial charge in [-0.1, -0.05) is 12.1 Å². The maximum atomic E-state index is 12.4. The van der Waals surface area contributed by atoms with Crippen molar-refractivity contribution in [1.82, 2.24) is 19.8 Å². The van der Waals surface area contributed by atoms with Gasteiger partial charge in [0.25, 0.3) is 5.56 Å². The summed E-state index contributed by atoms with van der Waals surface area (Å²) < 4.78 is 37.1. The predicted octanol–water partition coefficient (Wildman–Crippen LogP) is 1.65. The Bertz CT molecular complexity index is 751. The third kappa shape index (κ3) is 4.33. The number of hydrogen-bond donors (Lipinski definition) is 1. The topological polar surface area (TPSA) is 52.2 Å². The molecular formula is C16H19F3N4O. The van der Waals surface area contributed by atoms with Crippen molar-refractivity contribution < 1.29 is 13.2 Å². The normalized spacial score (nSPS) is 17.5. The van der Waals surface area contributed by atoms with Crippen LogP contribution < -0.4 is 5.56 Å². The largest absolute Gasteiger partial charge is 0.401 e. The van der Waals surface area contributed by atoms with Gasteiger partial charge in [0.05, 0.1) is 17.4 Å². The summed E-state index contributed by atoms with van der Waals surface area (Å²) in [5, 5.41) is 0.557. The zero-order valence-corrected chi connectivity index (χ0v) is 13.1. The van der Waals surface area contributed by atoms with Crippen LogP contribution in [0.5, 0.6) is 0 Å². The summed E-state index contributed by atoms with van der Waals surface area (Å²) >= 11 is 0. The van der Waals surface area contributed by atoms with Crippen molar-refractivity contribution in [1.29, 1.82) is 0 Å². The van der Waals surface area contributed by atoms with Crippen LogP contribution in [0.1, 0.15) is 5.82 Å². The second kappa shape index (κ2) is 6.90. The second-order valence-electron chi connectivity index (χ2n) is 6.01. The minimum Gasteiger partial charge on any atom is -0.310 e. The van der Waals surface area contributed by atoms with Crippen LogP contribution in [0.3, 0.4) is 0 Å². The Morgan fingerprint density at radius 3 is 2.46 bits per heavy atom. The lowest BCUT2D eigenvalue weighted by Crippen LogP contribution is -2.49. The standard InChI is InChI=1S/C16H19F3N4O/c17-16(18,19)11-23-9-7-22(8-10-23)6-5-14-20-13-4-2-1-3-12(13)15(24)21-14/h1-4H,5-11H2,(H,20,21,24). The van der Waals surface area contributed by atoms with E-state index in [9.17, 15) is 18.0 Å². The molecule has 1 N–H and O–H groups in total. The Kier molecular flexibility index (Phi) is 4.86. The van der Waals surface area contributed by atoms with Gasteiger partial charge in [0, 0.05) is 39.1 Å². The molecule has 1 aromatic carbocycles. The number of halogens is 3. The SMILES string of the molecule is O=c1[nH]c(CCN2CCN(CC(F)(F)F)CC2)nc2ccccc12. The molecule has 130 valence electrons. The van der Waals surface area contributed by atoms with E-state index < -0.39 is 12.7 Å². The molecule has 2 aromatic rings. The van der Waals surface area contributed by atoms with E-state index >= 15 is 0 Å². The van der Waals surface area contributed by atoms with E-state index in [-0.39, 0.29) is 5.56 Å². The van der Waals surface area contributed by atoms with Gasteiger partial charge in [-0.05, 0) is 12.1 Å². The fourth-order valence-corrected chi connectivity index (χ4v) is 2.94. The lowest BCUT2D eigenvalue weighted by Gasteiger charge is -2.34. The Hall–Kier alpha value is -1.93. The fourth-order valence-electron chi connectivity index (χ4n) is 2.94. The van der Waals surface area contributed by atoms with Crippen LogP contribution in [-0.2, 0) is 6.42 Å². The van der Waals surface area contributed by atoms with Gasteiger partial charge in [-0.25, -0.2) is 4.98 Å². The molecule has 0 radical (unpaired) electrons. The number of aromatic nitrogens is 2. The van der Waals surface area contributed by atoms with Gasteiger partial charge in [0.15, 0.2) is 0 Å². The average molecular weight is 340 g/mol. The van der Waals surface area contributed by atoms with E-state index in [0.717, 1.165) is 0 Å². The maximum absolute atomic E-state index is 12.4. The first-order valence-corrected chi connectivity index (χ1v) is 7.90. The molecule has 0 aliphatic carbocycles. The molecule has 0 unspecified atom stereocenters. The number of nitrogens with one attached hydrogen (secondary N) is 1. The lowest BCUT2D eigenvalue weighted by atomic mass is 10.2. The highest BCUT2D eigenvalue weighted by Crippen LogP contribution is 2.17. The first kappa shape index (κ1) is 16.9. The summed E-state index contributed by atoms with van der Waals surface area (Å²) in [6.45, 7) is 1.81. The van der Waals surface area contributed by atoms with Crippen molar-refractivity contribution in [2.24, 2.45) is 0 Å². The molecule has 24 heavy (non-hydrogen) atoms. The first-order chi connectivity index (χ1) is 11.4. The highest BCUT2D eigenvalue weighted by Gasteiger charge is 2.32. The van der Waals surface area contributed by atoms with Crippen molar-refractivity contribution in [2.75, 3.05) is 39.3 Å². The second-order valence-corrected chi connectivity index (χ2v) is 6.01. The monoisotopic (exact) mass is 340 g/mol. The number of alkyl halides is 3. The van der Waals surface area contributed by atoms with Gasteiger partial charge in [0.2, 0.25) is 0 Å². The molecule has 2 heterocycles. The van der Waals surface area contributed by atoms with Crippen LogP contribution in [0, 0.1) is 0 Å². The molecule has 1 saturated heterocycles. The summed E-state index contributed by atoms with van der Waals surface area (Å²) in [7, 11) is 0. The quantitative estimate of drug-likeness (QED) is 0.920. The molecule has 0 amide bonds. The van der Waals surface area contributed by atoms with E-state index in [4.69, 9.17) is 0 Å². The fraction of sp³-hybridized carbons (Fsp3) is 0.500. The molecule has 5 nitrogen and oxygen atoms in total. The molecule has 0 spiro atoms. The number of H-pyrrole nitrogens is 1. The van der Waals surface area contributed by atoms with Gasteiger partial charge in [-0.15, -0.1) is 0 Å². The Morgan fingerprint density at radius 1 is 1.08 bits per heavy atom. The molecule has 1 aliphatic rings. The number of rotatable bonds is 4. The number of fused-ring (bicyclic) bond motifs is 1. The van der Waals surface area contributed by atoms with Crippen molar-refractivity contribution in [3.63, 3.8) is 0 Å². The van der Waals surface area contributed by atoms with Gasteiger partial charge < -0.3 is 9.88 Å². The van der Waals surface area contributed by atoms with Crippen LogP contribution >= 0.6 is 0 Å². The number of para-hydroxylation sites is 1. The smallest absolute Gasteiger partial charge is 0.310 e. The number of benzene rings is 1. The third-order valence-corrected chi connectivity index (χ3v) is 4.19. The van der Waals surface area contributed by atoms with Gasteiger partial charge in [-0.3, -0.25) is 9.69 Å². The Labute approximate surface area is 137 Å². The molecule has 0 bridgehead atoms. The van der Waals surface area contributed by atoms with Crippen LogP contribution in [-0.4, -0.2) is 65.2 Å². The summed E-state index contributed by atoms with van der Waals surface area (Å²) in [6.07, 6.45) is -3.57. The third-order valence-electron chi connectivity index (χ3n) is 4.19. The van der Waals surface area contributed by atoms with Crippen LogP contribution in [0.4, 0.5) is 13.2 Å². The molecule has 1 aromatic heterocycles. The zero-order valence-electron chi connectivity index (χ0n) is 13.1. The number of nitrogens with zero attached hydrogens (tertiary/aromatic N) is 3. The van der Waals surface area contributed by atoms with Crippen molar-refractivity contribution >= 4 is 10.9 Å². The average Bonchev–Trinajstić information content (AvgIpc) is 2.53. The van der Waals surface area contributed by atoms with Gasteiger partial charge >= 0.3 is 6.18 Å². The van der Waals surface area contributed by atoms with E-state index in [1.165, 1.54) is 4.90 Å². The van der Waals surface area contributed by atoms with Crippen LogP contribution in [0.2, 0.25) is 0 Å². The Balaban J connectivity index is 1.55. The van der Waals surface area contributed by atoms with E-state index in [1.54, 1.807) is 18.2 Å². The molecule has 3 rings (SSSR count). The number of aromatic amines is 1. The molecule has 1 aliphatic heterocycles. The van der Waals surface area contributed by atoms with Crippen LogP contribution in [0.15, 0.2) is 29.1 Å². The number of piperazine rings is 1. The van der Waals surface area contributed by atoms with E-state index in [2.05, 4.69) is 14.9 Å². The molecular weight excluding hydrogens is 321 g/mol. The van der Waals surface area contributed by atoms with Gasteiger partial charge in [0.1, 0.15) is 5.82 Å². The van der Waals surface area contributed by atoms with Crippen molar-refractivity contribution in [3.05, 3.63) is 40.4 Å². The minimum atomic E-state index is -4.14. The van der Waals surface area contributed by atoms with Crippen molar-refractivity contribution in [2.45, 2.75) is 12.6 Å². The highest BCUT2D eigenvalue weighted by atomic mass is 19.4. The summed E-state index contributed by atoms with van der Waals surface area (Å²) in [5.74, 6) is 0.608. The zero-order chi connectivity index (χ0) is 17.2. The van der Waals surface area contributed by atoms with Crippen LogP contribution in [0.25, 0.3) is 10.9 Å². The molecule has 0 saturated carbocycles. The van der Waals surface area contributed by atoms with Crippen molar-refractivity contribution in [3.8, 4) is 0 Å². The first-order valence-electron chi connectivity index (χ1n) is 7.90. The van der Waals surface area contributed by atoms with E-state index in [0.29, 0.717) is 55.9 Å². The van der Waals surface area contributed by atoms with E-state index in [1.807, 2.05) is 6.07 Å². The lowest BCUT2D eigenvalue weighted by molar-refractivity contribution is -0.149. The minimum absolute atomic E-state index is 0.161. The highest BCUT2D eigenvalue weighted by molar-refractivity contribution is 5.77. The summed E-state index contributed by atoms with van der Waals surface area (Å²) in [4.78, 5) is 22.7. The molecule has 0 atom stereocenters. The van der Waals surface area contributed by atoms with Gasteiger partial charge in [-0.2, -0.15) is 13.2 Å². The summed E-state index contributed by atoms with van der Waals surface area (Å²) in [5.41, 5.74) is 0.497. The summed E-state index contributed by atoms with van der Waals surface area (Å²) in [6, 6.07) is 7.15. The molecule has 1 fully saturated rings. The maximum Gasteiger partial charge on any atom is 0.401 e. The number of hydrogen-bond acceptors (Lipinski definition) is 4. The Morgan fingerprint density at radius 2 is 1.75 bits per heavy atom. The predicted molar refractivity (Wildman–Crippen MR) is 85.0 cm³/mol. The molecule has 8 heteroatoms.